The van der Waals surface area contributed by atoms with Crippen molar-refractivity contribution in [2.75, 3.05) is 20.8 Å². The molecule has 1 aliphatic heterocycles. The van der Waals surface area contributed by atoms with E-state index in [1.54, 1.807) is 32.6 Å². The number of hydrogen-bond acceptors (Lipinski definition) is 5. The molecule has 1 heterocycles. The van der Waals surface area contributed by atoms with E-state index in [2.05, 4.69) is 19.0 Å². The summed E-state index contributed by atoms with van der Waals surface area (Å²) >= 11 is 0. The smallest absolute Gasteiger partial charge is 0.263 e. The van der Waals surface area contributed by atoms with Gasteiger partial charge in [0, 0.05) is 17.6 Å². The second kappa shape index (κ2) is 8.57. The molecule has 6 heteroatoms. The van der Waals surface area contributed by atoms with Gasteiger partial charge in [-0.1, -0.05) is 5.16 Å². The van der Waals surface area contributed by atoms with Crippen LogP contribution in [0.5, 0.6) is 11.5 Å². The molecule has 1 aromatic rings. The summed E-state index contributed by atoms with van der Waals surface area (Å²) in [7, 11) is 3.16. The summed E-state index contributed by atoms with van der Waals surface area (Å²) in [5.74, 6) is 1.26. The van der Waals surface area contributed by atoms with E-state index in [9.17, 15) is 4.79 Å². The minimum Gasteiger partial charge on any atom is -0.493 e. The van der Waals surface area contributed by atoms with Crippen LogP contribution in [0.2, 0.25) is 0 Å². The molecule has 1 aliphatic rings. The standard InChI is InChI=1S/C18H26N2O4/c1-13-6-5-7-14(2)20(13)18(21)12-24-19-11-15-8-9-16(22-3)17(10-15)23-4/h8-11,13-14H,5-7,12H2,1-4H3/b19-11-/t13-,14+. The number of piperidine rings is 1. The number of methoxy groups -OCH3 is 2. The van der Waals surface area contributed by atoms with Crippen molar-refractivity contribution >= 4 is 12.1 Å². The molecular formula is C18H26N2O4. The average Bonchev–Trinajstić information content (AvgIpc) is 2.58. The number of hydrogen-bond donors (Lipinski definition) is 0. The molecule has 132 valence electrons. The first-order valence-electron chi connectivity index (χ1n) is 8.25. The van der Waals surface area contributed by atoms with E-state index in [4.69, 9.17) is 14.3 Å². The van der Waals surface area contributed by atoms with Gasteiger partial charge >= 0.3 is 0 Å². The van der Waals surface area contributed by atoms with E-state index < -0.39 is 0 Å². The second-order valence-corrected chi connectivity index (χ2v) is 6.05. The van der Waals surface area contributed by atoms with Gasteiger partial charge in [-0.3, -0.25) is 4.79 Å². The van der Waals surface area contributed by atoms with Crippen molar-refractivity contribution in [1.29, 1.82) is 0 Å². The van der Waals surface area contributed by atoms with Gasteiger partial charge in [0.1, 0.15) is 0 Å². The molecule has 0 spiro atoms. The lowest BCUT2D eigenvalue weighted by atomic mass is 9.97. The number of oxime groups is 1. The second-order valence-electron chi connectivity index (χ2n) is 6.05. The Morgan fingerprint density at radius 1 is 1.21 bits per heavy atom. The third-order valence-corrected chi connectivity index (χ3v) is 4.35. The van der Waals surface area contributed by atoms with E-state index in [-0.39, 0.29) is 24.6 Å². The third kappa shape index (κ3) is 4.40. The molecule has 1 fully saturated rings. The predicted octanol–water partition coefficient (Wildman–Crippen LogP) is 2.84. The van der Waals surface area contributed by atoms with Gasteiger partial charge in [0.2, 0.25) is 0 Å². The van der Waals surface area contributed by atoms with Crippen molar-refractivity contribution in [2.45, 2.75) is 45.2 Å². The van der Waals surface area contributed by atoms with Gasteiger partial charge in [-0.05, 0) is 51.3 Å². The number of amides is 1. The van der Waals surface area contributed by atoms with Crippen molar-refractivity contribution in [3.05, 3.63) is 23.8 Å². The lowest BCUT2D eigenvalue weighted by molar-refractivity contribution is -0.142. The maximum atomic E-state index is 12.3. The number of ether oxygens (including phenoxy) is 2. The van der Waals surface area contributed by atoms with Gasteiger partial charge in [-0.2, -0.15) is 0 Å². The van der Waals surface area contributed by atoms with Gasteiger partial charge in [-0.25, -0.2) is 0 Å². The molecule has 1 saturated heterocycles. The lowest BCUT2D eigenvalue weighted by Gasteiger charge is -2.38. The normalized spacial score (nSPS) is 20.9. The van der Waals surface area contributed by atoms with Crippen LogP contribution in [0.25, 0.3) is 0 Å². The topological polar surface area (TPSA) is 60.4 Å². The van der Waals surface area contributed by atoms with Crippen molar-refractivity contribution in [1.82, 2.24) is 4.90 Å². The van der Waals surface area contributed by atoms with Crippen LogP contribution in [-0.2, 0) is 9.63 Å². The minimum absolute atomic E-state index is 0.0147. The molecule has 2 atom stereocenters. The summed E-state index contributed by atoms with van der Waals surface area (Å²) in [5, 5.41) is 3.89. The highest BCUT2D eigenvalue weighted by Gasteiger charge is 2.28. The van der Waals surface area contributed by atoms with Crippen LogP contribution in [0.15, 0.2) is 23.4 Å². The highest BCUT2D eigenvalue weighted by molar-refractivity contribution is 5.81. The summed E-state index contributed by atoms with van der Waals surface area (Å²) in [5.41, 5.74) is 0.805. The number of carbonyl (C=O) groups is 1. The Labute approximate surface area is 143 Å². The minimum atomic E-state index is -0.0432. The highest BCUT2D eigenvalue weighted by Crippen LogP contribution is 2.27. The van der Waals surface area contributed by atoms with E-state index in [1.807, 2.05) is 11.0 Å². The maximum Gasteiger partial charge on any atom is 0.263 e. The molecular weight excluding hydrogens is 308 g/mol. The van der Waals surface area contributed by atoms with Crippen molar-refractivity contribution in [2.24, 2.45) is 5.16 Å². The van der Waals surface area contributed by atoms with Crippen molar-refractivity contribution < 1.29 is 19.1 Å². The molecule has 0 aromatic heterocycles. The summed E-state index contributed by atoms with van der Waals surface area (Å²) < 4.78 is 10.4. The van der Waals surface area contributed by atoms with Crippen LogP contribution in [0, 0.1) is 0 Å². The van der Waals surface area contributed by atoms with Gasteiger partial charge in [0.15, 0.2) is 18.1 Å². The first-order valence-corrected chi connectivity index (χ1v) is 8.25. The zero-order valence-corrected chi connectivity index (χ0v) is 14.8. The summed E-state index contributed by atoms with van der Waals surface area (Å²) in [6, 6.07) is 5.95. The Bertz CT molecular complexity index is 578. The van der Waals surface area contributed by atoms with E-state index in [1.165, 1.54) is 6.42 Å². The molecule has 24 heavy (non-hydrogen) atoms. The number of rotatable bonds is 6. The first-order chi connectivity index (χ1) is 11.6. The van der Waals surface area contributed by atoms with Crippen LogP contribution >= 0.6 is 0 Å². The number of benzene rings is 1. The van der Waals surface area contributed by atoms with Crippen LogP contribution in [0.4, 0.5) is 0 Å². The van der Waals surface area contributed by atoms with Crippen molar-refractivity contribution in [3.8, 4) is 11.5 Å². The number of nitrogens with zero attached hydrogens (tertiary/aromatic N) is 2. The molecule has 0 unspecified atom stereocenters. The van der Waals surface area contributed by atoms with Crippen LogP contribution in [0.3, 0.4) is 0 Å². The molecule has 1 aromatic carbocycles. The third-order valence-electron chi connectivity index (χ3n) is 4.35. The average molecular weight is 334 g/mol. The van der Waals surface area contributed by atoms with Crippen LogP contribution < -0.4 is 9.47 Å². The SMILES string of the molecule is COc1ccc(/C=N\OCC(=O)N2[C@H](C)CCC[C@@H]2C)cc1OC. The van der Waals surface area contributed by atoms with E-state index >= 15 is 0 Å². The molecule has 0 bridgehead atoms. The summed E-state index contributed by atoms with van der Waals surface area (Å²) in [6.07, 6.45) is 4.82. The van der Waals surface area contributed by atoms with Gasteiger partial charge in [-0.15, -0.1) is 0 Å². The summed E-state index contributed by atoms with van der Waals surface area (Å²) in [6.45, 7) is 4.12. The molecule has 2 rings (SSSR count). The van der Waals surface area contributed by atoms with E-state index in [0.717, 1.165) is 18.4 Å². The quantitative estimate of drug-likeness (QED) is 0.593. The lowest BCUT2D eigenvalue weighted by Crippen LogP contribution is -2.48. The van der Waals surface area contributed by atoms with Crippen LogP contribution in [-0.4, -0.2) is 49.9 Å². The van der Waals surface area contributed by atoms with Gasteiger partial charge in [0.25, 0.3) is 5.91 Å². The molecule has 0 radical (unpaired) electrons. The Hall–Kier alpha value is -2.24. The number of likely N-dealkylation sites (tertiary alicyclic amines) is 1. The van der Waals surface area contributed by atoms with Gasteiger partial charge in [0.05, 0.1) is 20.4 Å². The molecule has 0 aliphatic carbocycles. The Balaban J connectivity index is 1.89. The monoisotopic (exact) mass is 334 g/mol. The number of carbonyl (C=O) groups excluding carboxylic acids is 1. The largest absolute Gasteiger partial charge is 0.493 e. The van der Waals surface area contributed by atoms with E-state index in [0.29, 0.717) is 11.5 Å². The van der Waals surface area contributed by atoms with Gasteiger partial charge < -0.3 is 19.2 Å². The predicted molar refractivity (Wildman–Crippen MR) is 92.7 cm³/mol. The summed E-state index contributed by atoms with van der Waals surface area (Å²) in [4.78, 5) is 19.4. The zero-order chi connectivity index (χ0) is 17.5. The fraction of sp³-hybridized carbons (Fsp3) is 0.556. The molecule has 6 nitrogen and oxygen atoms in total. The highest BCUT2D eigenvalue weighted by atomic mass is 16.6. The fourth-order valence-electron chi connectivity index (χ4n) is 3.11. The molecule has 1 amide bonds. The Morgan fingerprint density at radius 3 is 2.50 bits per heavy atom. The maximum absolute atomic E-state index is 12.3. The van der Waals surface area contributed by atoms with Crippen molar-refractivity contribution in [3.63, 3.8) is 0 Å². The fourth-order valence-corrected chi connectivity index (χ4v) is 3.11. The Morgan fingerprint density at radius 2 is 1.88 bits per heavy atom. The first kappa shape index (κ1) is 18.1. The van der Waals surface area contributed by atoms with Crippen LogP contribution in [0.1, 0.15) is 38.7 Å². The molecule has 0 saturated carbocycles. The molecule has 0 N–H and O–H groups in total. The Kier molecular flexibility index (Phi) is 6.46. The zero-order valence-electron chi connectivity index (χ0n) is 14.8.